The van der Waals surface area contributed by atoms with Crippen LogP contribution in [-0.4, -0.2) is 331 Å². The molecule has 0 aromatic rings. The Bertz CT molecular complexity index is 3210. The first kappa shape index (κ1) is 152. The van der Waals surface area contributed by atoms with Crippen LogP contribution in [-0.2, 0) is 248 Å². The van der Waals surface area contributed by atoms with Crippen molar-refractivity contribution in [3.8, 4) is 0 Å². The van der Waals surface area contributed by atoms with E-state index < -0.39 is 119 Å². The number of esters is 26. The van der Waals surface area contributed by atoms with E-state index in [-0.39, 0.29) is 133 Å². The van der Waals surface area contributed by atoms with Crippen LogP contribution >= 0.6 is 0 Å². The van der Waals surface area contributed by atoms with Crippen LogP contribution in [0.15, 0.2) is 0 Å². The van der Waals surface area contributed by atoms with Crippen LogP contribution in [0.3, 0.4) is 0 Å². The minimum atomic E-state index is -0.763. The van der Waals surface area contributed by atoms with E-state index in [1.807, 2.05) is 41.5 Å². The molecular formula is C85H144O52. The lowest BCUT2D eigenvalue weighted by Crippen LogP contribution is -2.31. The predicted octanol–water partition coefficient (Wildman–Crippen LogP) is 3.47. The minimum absolute atomic E-state index is 0.0506. The van der Waals surface area contributed by atoms with Crippen molar-refractivity contribution >= 4 is 155 Å². The molecule has 0 aromatic heterocycles. The Morgan fingerprint density at radius 3 is 0.628 bits per heavy atom. The fraction of sp³-hybridized carbons (Fsp3) is 0.694. The number of hydrogen-bond acceptors (Lipinski definition) is 52. The molecule has 0 heterocycles. The molecule has 0 fully saturated rings. The summed E-state index contributed by atoms with van der Waals surface area (Å²) in [5, 5.41) is 0. The zero-order valence-electron chi connectivity index (χ0n) is 84.6. The van der Waals surface area contributed by atoms with Gasteiger partial charge >= 0.3 is 155 Å². The summed E-state index contributed by atoms with van der Waals surface area (Å²) in [6, 6.07) is 0. The third-order valence-electron chi connectivity index (χ3n) is 11.5. The van der Waals surface area contributed by atoms with E-state index in [0.717, 1.165) is 0 Å². The van der Waals surface area contributed by atoms with Crippen molar-refractivity contribution in [2.24, 2.45) is 29.1 Å². The largest absolute Gasteiger partial charge is 0.469 e. The van der Waals surface area contributed by atoms with Crippen molar-refractivity contribution in [1.29, 1.82) is 0 Å². The first-order valence-electron chi connectivity index (χ1n) is 40.4. The van der Waals surface area contributed by atoms with Crippen LogP contribution < -0.4 is 0 Å². The van der Waals surface area contributed by atoms with Gasteiger partial charge in [-0.05, 0) is 65.2 Å². The second-order valence-corrected chi connectivity index (χ2v) is 26.6. The van der Waals surface area contributed by atoms with Gasteiger partial charge in [0.15, 0.2) is 59.5 Å². The fourth-order valence-electron chi connectivity index (χ4n) is 5.16. The van der Waals surface area contributed by atoms with Crippen molar-refractivity contribution in [3.63, 3.8) is 0 Å². The number of ether oxygens (including phenoxy) is 26. The van der Waals surface area contributed by atoms with Gasteiger partial charge in [0, 0.05) is 96.4 Å². The Labute approximate surface area is 797 Å². The minimum Gasteiger partial charge on any atom is -0.469 e. The van der Waals surface area contributed by atoms with Crippen LogP contribution in [0.25, 0.3) is 0 Å². The summed E-state index contributed by atoms with van der Waals surface area (Å²) in [6.07, 6.45) is 1.93. The molecule has 0 saturated heterocycles. The molecule has 0 aliphatic carbocycles. The summed E-state index contributed by atoms with van der Waals surface area (Å²) < 4.78 is 115. The van der Waals surface area contributed by atoms with Gasteiger partial charge in [0.25, 0.3) is 0 Å². The Morgan fingerprint density at radius 1 is 0.212 bits per heavy atom. The van der Waals surface area contributed by atoms with Crippen molar-refractivity contribution < 1.29 is 248 Å². The van der Waals surface area contributed by atoms with Gasteiger partial charge in [-0.2, -0.15) is 0 Å². The smallest absolute Gasteiger partial charge is 0.344 e. The molecule has 0 aromatic carbocycles. The molecule has 137 heavy (non-hydrogen) atoms. The van der Waals surface area contributed by atoms with Gasteiger partial charge < -0.3 is 123 Å². The molecule has 0 aliphatic rings. The number of rotatable bonds is 40. The van der Waals surface area contributed by atoms with Gasteiger partial charge in [0.05, 0.1) is 114 Å². The quantitative estimate of drug-likeness (QED) is 0.0481. The first-order valence-corrected chi connectivity index (χ1v) is 40.4. The van der Waals surface area contributed by atoms with Crippen molar-refractivity contribution in [2.75, 3.05) is 176 Å². The maximum Gasteiger partial charge on any atom is 0.344 e. The van der Waals surface area contributed by atoms with Crippen molar-refractivity contribution in [1.82, 2.24) is 0 Å². The average molecular weight is 2000 g/mol. The fourth-order valence-corrected chi connectivity index (χ4v) is 5.16. The summed E-state index contributed by atoms with van der Waals surface area (Å²) in [4.78, 5) is 269. The van der Waals surface area contributed by atoms with Crippen LogP contribution in [0.1, 0.15) is 192 Å². The number of hydrogen-bond donors (Lipinski definition) is 0. The Kier molecular flexibility index (Phi) is 117. The van der Waals surface area contributed by atoms with Gasteiger partial charge in [-0.1, -0.05) is 41.5 Å². The SMILES string of the molecule is CC(=O)OCC(=O)OCC(C)C.CC(=O)OCCC(=O)OCC(C)C.CC(=O)OCCCCC(=O)OCC(C)C.CCOC(=O)COC(C)=O.CCOC(=O)COC(C)=O.COC(=O)C(C)(C)COC(C)=O.COC(=O)C(C)COC(C)=O.COC(=O)COC(C)=O.COC(=O)COC(C)=O.COC(=O)COC(C)=O.COC(=O)COC(C)=O.COC(=O)COC(C)=O.COC(=O)COC(C)=O. The van der Waals surface area contributed by atoms with Crippen LogP contribution in [0.5, 0.6) is 0 Å². The highest BCUT2D eigenvalue weighted by molar-refractivity contribution is 5.81. The van der Waals surface area contributed by atoms with E-state index in [0.29, 0.717) is 76.7 Å². The Balaban J connectivity index is -0.000000111. The highest BCUT2D eigenvalue weighted by Gasteiger charge is 2.30. The lowest BCUT2D eigenvalue weighted by Gasteiger charge is -2.20. The van der Waals surface area contributed by atoms with Gasteiger partial charge in [-0.15, -0.1) is 0 Å². The second-order valence-electron chi connectivity index (χ2n) is 26.6. The highest BCUT2D eigenvalue weighted by atomic mass is 16.6. The third kappa shape index (κ3) is 166. The maximum absolute atomic E-state index is 11.1. The number of methoxy groups -OCH3 is 8. The molecule has 0 rings (SSSR count). The standard InChI is InChI=1S/C11H20O4.C9H16O4.2C8H14O4.C7H12O4.2C6H10O4.6C5H8O4/c1-9(2)8-15-11(13)6-4-5-7-14-10(3)12;1-7(2)6-13-9(11)4-5-12-8(3)10;1-6(9)12-5-8(2,3)7(10)11-4;1-6(2)4-12-8(10)5-11-7(3)9;1-5(7(9)10-3)4-11-6(2)8;2*1-3-9-6(8)4-10-5(2)7;6*1-4(6)9-3-5(7)8-2/h9H,4-8H2,1-3H3;7H,4-6H2,1-3H3;5H2,1-4H3;6H,4-5H2,1-3H3;5H,4H2,1-3H3;2*3-4H2,1-2H3;6*3H2,1-2H3. The zero-order chi connectivity index (χ0) is 110. The molecule has 0 radical (unpaired) electrons. The molecule has 1 atom stereocenters. The zero-order valence-corrected chi connectivity index (χ0v) is 84.6. The number of unbranched alkanes of at least 4 members (excludes halogenated alkanes) is 1. The molecule has 0 N–H and O–H groups in total. The lowest BCUT2D eigenvalue weighted by atomic mass is 9.95. The van der Waals surface area contributed by atoms with E-state index in [1.165, 1.54) is 147 Å². The monoisotopic (exact) mass is 2000 g/mol. The Hall–Kier alpha value is -13.8. The van der Waals surface area contributed by atoms with E-state index in [2.05, 4.69) is 104 Å². The summed E-state index contributed by atoms with van der Waals surface area (Å²) >= 11 is 0. The molecule has 796 valence electrons. The summed E-state index contributed by atoms with van der Waals surface area (Å²) in [5.74, 6) is -11.3. The van der Waals surface area contributed by atoms with E-state index in [4.69, 9.17) is 18.9 Å². The number of carbonyl (C=O) groups is 26. The summed E-state index contributed by atoms with van der Waals surface area (Å²) in [7, 11) is 9.97. The second kappa shape index (κ2) is 106. The normalized spacial score (nSPS) is 9.28. The third-order valence-corrected chi connectivity index (χ3v) is 11.5. The maximum atomic E-state index is 11.1. The number of carbonyl (C=O) groups excluding carboxylic acids is 26. The van der Waals surface area contributed by atoms with Crippen LogP contribution in [0.2, 0.25) is 0 Å². The molecule has 0 spiro atoms. The van der Waals surface area contributed by atoms with E-state index in [1.54, 1.807) is 34.6 Å². The molecule has 0 amide bonds. The first-order chi connectivity index (χ1) is 63.3. The molecule has 0 aliphatic heterocycles. The topological polar surface area (TPSA) is 684 Å². The highest BCUT2D eigenvalue weighted by Crippen LogP contribution is 2.17. The van der Waals surface area contributed by atoms with Crippen molar-refractivity contribution in [3.05, 3.63) is 0 Å². The average Bonchev–Trinajstić information content (AvgIpc) is 0.887. The molecule has 52 nitrogen and oxygen atoms in total. The molecule has 0 bridgehead atoms. The summed E-state index contributed by atoms with van der Waals surface area (Å²) in [6.45, 7) is 36.2. The molecule has 0 saturated carbocycles. The van der Waals surface area contributed by atoms with Gasteiger partial charge in [0.2, 0.25) is 0 Å². The van der Waals surface area contributed by atoms with Gasteiger partial charge in [-0.25, -0.2) is 43.2 Å². The Morgan fingerprint density at radius 2 is 0.423 bits per heavy atom. The van der Waals surface area contributed by atoms with E-state index in [9.17, 15) is 125 Å². The van der Waals surface area contributed by atoms with Gasteiger partial charge in [-0.3, -0.25) is 81.5 Å². The van der Waals surface area contributed by atoms with Crippen LogP contribution in [0, 0.1) is 29.1 Å². The van der Waals surface area contributed by atoms with Gasteiger partial charge in [0.1, 0.15) is 19.8 Å². The predicted molar refractivity (Wildman–Crippen MR) is 464 cm³/mol. The molecule has 52 heteroatoms. The van der Waals surface area contributed by atoms with Crippen molar-refractivity contribution in [2.45, 2.75) is 192 Å². The summed E-state index contributed by atoms with van der Waals surface area (Å²) in [5.41, 5.74) is -0.763. The van der Waals surface area contributed by atoms with E-state index >= 15 is 0 Å². The lowest BCUT2D eigenvalue weighted by molar-refractivity contribution is -0.159. The molecular weight excluding hydrogens is 1850 g/mol. The molecule has 1 unspecified atom stereocenters. The van der Waals surface area contributed by atoms with Crippen LogP contribution in [0.4, 0.5) is 0 Å².